The van der Waals surface area contributed by atoms with Crippen molar-refractivity contribution in [1.29, 1.82) is 0 Å². The Morgan fingerprint density at radius 1 is 0.895 bits per heavy atom. The molecular weight excluding hydrogens is 817 g/mol. The van der Waals surface area contributed by atoms with E-state index in [0.717, 1.165) is 42.4 Å². The van der Waals surface area contributed by atoms with Crippen molar-refractivity contribution in [3.8, 4) is 17.2 Å². The summed E-state index contributed by atoms with van der Waals surface area (Å²) in [6.45, 7) is 1.43. The number of pyridine rings is 1. The van der Waals surface area contributed by atoms with Crippen molar-refractivity contribution < 1.29 is 64.7 Å². The summed E-state index contributed by atoms with van der Waals surface area (Å²) in [5, 5.41) is 11.8. The van der Waals surface area contributed by atoms with E-state index in [9.17, 15) is 36.8 Å². The van der Waals surface area contributed by atoms with Crippen LogP contribution in [-0.2, 0) is 52.5 Å². The molecule has 57 heavy (non-hydrogen) atoms. The molecule has 2 aliphatic rings. The average molecular weight is 860 g/mol. The second-order valence-electron chi connectivity index (χ2n) is 14.6. The van der Waals surface area contributed by atoms with Crippen LogP contribution in [0.2, 0.25) is 10.0 Å². The lowest BCUT2D eigenvalue weighted by Crippen LogP contribution is -2.34. The van der Waals surface area contributed by atoms with Crippen LogP contribution in [0.5, 0.6) is 17.2 Å². The minimum absolute atomic E-state index is 0.0237. The van der Waals surface area contributed by atoms with Gasteiger partial charge < -0.3 is 33.6 Å². The van der Waals surface area contributed by atoms with E-state index in [1.165, 1.54) is 36.4 Å². The van der Waals surface area contributed by atoms with Crippen molar-refractivity contribution in [2.45, 2.75) is 84.2 Å². The van der Waals surface area contributed by atoms with Gasteiger partial charge in [-0.15, -0.1) is 0 Å². The third kappa shape index (κ3) is 13.8. The van der Waals surface area contributed by atoms with E-state index in [0.29, 0.717) is 16.9 Å². The summed E-state index contributed by atoms with van der Waals surface area (Å²) in [6.07, 6.45) is 3.59. The Kier molecular flexibility index (Phi) is 14.7. The molecule has 2 saturated carbocycles. The first kappa shape index (κ1) is 43.5. The molecule has 0 radical (unpaired) electrons. The second-order valence-corrected chi connectivity index (χ2v) is 16.4. The maximum atomic E-state index is 13.2. The van der Waals surface area contributed by atoms with E-state index in [-0.39, 0.29) is 75.6 Å². The minimum atomic E-state index is -3.29. The first-order chi connectivity index (χ1) is 26.9. The van der Waals surface area contributed by atoms with Crippen LogP contribution in [0, 0.1) is 17.0 Å². The molecule has 1 atom stereocenters. The first-order valence-corrected chi connectivity index (χ1v) is 19.9. The average Bonchev–Trinajstić information content (AvgIpc) is 4.05. The number of nitrogens with zero attached hydrogens (tertiary/aromatic N) is 2. The molecule has 2 aromatic carbocycles. The smallest absolute Gasteiger partial charge is 0.387 e. The fourth-order valence-corrected chi connectivity index (χ4v) is 6.56. The molecule has 2 fully saturated rings. The van der Waals surface area contributed by atoms with Gasteiger partial charge in [0.15, 0.2) is 23.9 Å². The summed E-state index contributed by atoms with van der Waals surface area (Å²) in [4.78, 5) is 38.7. The zero-order valence-electron chi connectivity index (χ0n) is 31.3. The van der Waals surface area contributed by atoms with E-state index in [4.69, 9.17) is 46.9 Å². The third-order valence-electron chi connectivity index (χ3n) is 8.51. The highest BCUT2D eigenvalue weighted by Crippen LogP contribution is 2.38. The number of benzene rings is 2. The van der Waals surface area contributed by atoms with Gasteiger partial charge in [0.2, 0.25) is 10.9 Å². The molecule has 0 bridgehead atoms. The number of halogens is 4. The molecule has 0 N–H and O–H groups in total. The topological polar surface area (TPSA) is 171 Å². The molecule has 0 unspecified atom stereocenters. The van der Waals surface area contributed by atoms with Gasteiger partial charge in [-0.05, 0) is 93.7 Å². The number of carbonyl (C=O) groups is 3. The fraction of sp³-hybridized carbons (Fsp3) is 0.474. The van der Waals surface area contributed by atoms with Crippen molar-refractivity contribution in [3.05, 3.63) is 80.7 Å². The standard InChI is InChI=1S/C38H42Cl2F2N2O12S/c1-38(2,3)56-36(47)18-44(57(49)50)29-10-8-24(12-32(29)51-19-22-4-5-22)21-53-34(45)15-35(46)54-31(14-26-27(39)16-43(48)17-28(26)40)25-9-11-30(55-37(41)42)33(13-25)52-20-23-6-7-23/h8-13,16-17,22-23,31,37,57H,4-7,14-15,18-21H2,1-3H3/t31-/m0/s1. The van der Waals surface area contributed by atoms with Gasteiger partial charge in [-0.2, -0.15) is 13.5 Å². The summed E-state index contributed by atoms with van der Waals surface area (Å²) in [5.74, 6) is -2.36. The molecule has 1 heterocycles. The zero-order chi connectivity index (χ0) is 41.4. The predicted octanol–water partition coefficient (Wildman–Crippen LogP) is 6.44. The van der Waals surface area contributed by atoms with Crippen LogP contribution < -0.4 is 23.2 Å². The van der Waals surface area contributed by atoms with Gasteiger partial charge in [0, 0.05) is 12.0 Å². The summed E-state index contributed by atoms with van der Waals surface area (Å²) in [5.41, 5.74) is 0.113. The van der Waals surface area contributed by atoms with Crippen LogP contribution in [-0.4, -0.2) is 58.3 Å². The molecule has 5 rings (SSSR count). The van der Waals surface area contributed by atoms with Crippen molar-refractivity contribution in [1.82, 2.24) is 0 Å². The van der Waals surface area contributed by atoms with E-state index in [1.807, 2.05) is 0 Å². The van der Waals surface area contributed by atoms with E-state index < -0.39 is 60.1 Å². The number of alkyl halides is 2. The molecule has 2 aliphatic carbocycles. The zero-order valence-corrected chi connectivity index (χ0v) is 33.7. The number of thiol groups is 1. The molecule has 0 saturated heterocycles. The largest absolute Gasteiger partial charge is 0.619 e. The van der Waals surface area contributed by atoms with Gasteiger partial charge in [0.05, 0.1) is 18.9 Å². The Bertz CT molecular complexity index is 1990. The van der Waals surface area contributed by atoms with Crippen molar-refractivity contribution >= 4 is 57.7 Å². The Hall–Kier alpha value is -4.61. The van der Waals surface area contributed by atoms with Crippen LogP contribution in [0.3, 0.4) is 0 Å². The van der Waals surface area contributed by atoms with Gasteiger partial charge >= 0.3 is 24.5 Å². The number of ether oxygens (including phenoxy) is 6. The predicted molar refractivity (Wildman–Crippen MR) is 202 cm³/mol. The summed E-state index contributed by atoms with van der Waals surface area (Å²) < 4.78 is 84.9. The molecule has 0 amide bonds. The van der Waals surface area contributed by atoms with Gasteiger partial charge in [-0.3, -0.25) is 18.7 Å². The van der Waals surface area contributed by atoms with Crippen LogP contribution in [0.15, 0.2) is 48.8 Å². The molecule has 19 heteroatoms. The minimum Gasteiger partial charge on any atom is -0.619 e. The maximum absolute atomic E-state index is 13.2. The number of hydrogen-bond acceptors (Lipinski definition) is 12. The maximum Gasteiger partial charge on any atom is 0.387 e. The van der Waals surface area contributed by atoms with Crippen LogP contribution in [0.1, 0.15) is 75.7 Å². The van der Waals surface area contributed by atoms with Crippen LogP contribution in [0.4, 0.5) is 14.5 Å². The summed E-state index contributed by atoms with van der Waals surface area (Å²) >= 11 is 12.6. The number of hydrogen-bond donors (Lipinski definition) is 1. The van der Waals surface area contributed by atoms with Crippen molar-refractivity contribution in [2.75, 3.05) is 24.1 Å². The lowest BCUT2D eigenvalue weighted by molar-refractivity contribution is -0.605. The summed E-state index contributed by atoms with van der Waals surface area (Å²) in [6, 6.07) is 8.35. The van der Waals surface area contributed by atoms with E-state index in [1.54, 1.807) is 20.8 Å². The molecule has 3 aromatic rings. The molecule has 14 nitrogen and oxygen atoms in total. The summed E-state index contributed by atoms with van der Waals surface area (Å²) in [7, 11) is -3.29. The Balaban J connectivity index is 1.30. The quantitative estimate of drug-likeness (QED) is 0.0330. The van der Waals surface area contributed by atoms with Crippen molar-refractivity contribution in [2.24, 2.45) is 11.8 Å². The number of esters is 3. The number of rotatable bonds is 20. The van der Waals surface area contributed by atoms with Gasteiger partial charge in [-0.25, -0.2) is 8.42 Å². The first-order valence-electron chi connectivity index (χ1n) is 18.0. The number of carbonyl (C=O) groups excluding carboxylic acids is 3. The molecular formula is C38H42Cl2F2N2O12S. The van der Waals surface area contributed by atoms with Crippen LogP contribution >= 0.6 is 23.2 Å². The lowest BCUT2D eigenvalue weighted by Gasteiger charge is -2.24. The lowest BCUT2D eigenvalue weighted by atomic mass is 10.0. The Labute approximate surface area is 339 Å². The van der Waals surface area contributed by atoms with E-state index in [2.05, 4.69) is 4.74 Å². The third-order valence-corrected chi connectivity index (χ3v) is 9.91. The van der Waals surface area contributed by atoms with Gasteiger partial charge in [0.1, 0.15) is 47.1 Å². The molecule has 0 spiro atoms. The molecule has 0 aliphatic heterocycles. The van der Waals surface area contributed by atoms with E-state index >= 15 is 0 Å². The Morgan fingerprint density at radius 3 is 2.11 bits per heavy atom. The molecule has 1 aromatic heterocycles. The SMILES string of the molecule is CC(C)(C)OC(=O)CN(c1ccc(COC(=O)CC(=O)O[C@@H](Cc2c(Cl)c[n+]([O-])cc2Cl)c2ccc(OC(F)F)c(OCC3CC3)c2)cc1OCC1CC1)[SH](=O)=O. The highest BCUT2D eigenvalue weighted by atomic mass is 35.5. The Morgan fingerprint density at radius 2 is 1.53 bits per heavy atom. The molecule has 310 valence electrons. The number of aromatic nitrogens is 1. The fourth-order valence-electron chi connectivity index (χ4n) is 5.39. The highest BCUT2D eigenvalue weighted by molar-refractivity contribution is 7.74. The van der Waals surface area contributed by atoms with Crippen LogP contribution in [0.25, 0.3) is 0 Å². The highest BCUT2D eigenvalue weighted by Gasteiger charge is 2.29. The van der Waals surface area contributed by atoms with Gasteiger partial charge in [-0.1, -0.05) is 35.3 Å². The van der Waals surface area contributed by atoms with Crippen molar-refractivity contribution in [3.63, 3.8) is 0 Å². The van der Waals surface area contributed by atoms with Gasteiger partial charge in [0.25, 0.3) is 0 Å². The normalized spacial score (nSPS) is 14.5. The second kappa shape index (κ2) is 19.2. The number of anilines is 1. The monoisotopic (exact) mass is 858 g/mol.